The number of nitriles is 1. The number of aliphatic hydroxyl groups is 1. The maximum atomic E-state index is 11.1. The number of benzene rings is 1. The summed E-state index contributed by atoms with van der Waals surface area (Å²) in [5.74, 6) is 0.0320. The molecule has 2 aliphatic rings. The van der Waals surface area contributed by atoms with Crippen molar-refractivity contribution in [3.05, 3.63) is 71.4 Å². The number of aliphatic hydroxyl groups excluding tert-OH is 1. The lowest BCUT2D eigenvalue weighted by Gasteiger charge is -2.34. The van der Waals surface area contributed by atoms with Gasteiger partial charge >= 0.3 is 0 Å². The first-order chi connectivity index (χ1) is 12.3. The fourth-order valence-corrected chi connectivity index (χ4v) is 4.37. The zero-order valence-corrected chi connectivity index (χ0v) is 13.5. The number of hydrogen-bond acceptors (Lipinski definition) is 4. The van der Waals surface area contributed by atoms with Crippen LogP contribution >= 0.6 is 0 Å². The van der Waals surface area contributed by atoms with Gasteiger partial charge in [0.1, 0.15) is 12.2 Å². The summed E-state index contributed by atoms with van der Waals surface area (Å²) in [6.45, 7) is 0. The van der Waals surface area contributed by atoms with Crippen molar-refractivity contribution in [3.8, 4) is 17.3 Å². The van der Waals surface area contributed by atoms with Crippen LogP contribution in [0, 0.1) is 17.2 Å². The Morgan fingerprint density at radius 2 is 2.12 bits per heavy atom. The summed E-state index contributed by atoms with van der Waals surface area (Å²) in [7, 11) is 0. The fourth-order valence-electron chi connectivity index (χ4n) is 4.37. The van der Waals surface area contributed by atoms with Gasteiger partial charge in [0.05, 0.1) is 35.5 Å². The molecule has 0 saturated heterocycles. The monoisotopic (exact) mass is 328 g/mol. The Labute approximate surface area is 145 Å². The largest absolute Gasteiger partial charge is 0.386 e. The highest BCUT2D eigenvalue weighted by atomic mass is 16.3. The molecule has 122 valence electrons. The third-order valence-corrected chi connectivity index (χ3v) is 5.49. The first kappa shape index (κ1) is 14.4. The molecule has 3 atom stereocenters. The minimum atomic E-state index is -0.650. The minimum Gasteiger partial charge on any atom is -0.386 e. The van der Waals surface area contributed by atoms with Crippen LogP contribution in [0.1, 0.15) is 41.0 Å². The molecule has 1 aliphatic carbocycles. The van der Waals surface area contributed by atoms with Crippen molar-refractivity contribution in [3.63, 3.8) is 0 Å². The molecule has 3 aromatic rings. The summed E-state index contributed by atoms with van der Waals surface area (Å²) in [5.41, 5.74) is 5.77. The van der Waals surface area contributed by atoms with E-state index in [1.807, 2.05) is 30.7 Å². The van der Waals surface area contributed by atoms with Gasteiger partial charge in [0.15, 0.2) is 0 Å². The van der Waals surface area contributed by atoms with Crippen LogP contribution in [-0.4, -0.2) is 19.6 Å². The Morgan fingerprint density at radius 3 is 3.00 bits per heavy atom. The summed E-state index contributed by atoms with van der Waals surface area (Å²) in [6.07, 6.45) is 6.32. The average Bonchev–Trinajstić information content (AvgIpc) is 3.23. The predicted molar refractivity (Wildman–Crippen MR) is 91.5 cm³/mol. The number of pyridine rings is 1. The quantitative estimate of drug-likeness (QED) is 0.745. The van der Waals surface area contributed by atoms with E-state index in [9.17, 15) is 5.11 Å². The topological polar surface area (TPSA) is 74.7 Å². The molecule has 25 heavy (non-hydrogen) atoms. The molecule has 3 heterocycles. The zero-order chi connectivity index (χ0) is 17.0. The second-order valence-corrected chi connectivity index (χ2v) is 6.75. The van der Waals surface area contributed by atoms with Crippen LogP contribution in [0.2, 0.25) is 0 Å². The number of fused-ring (bicyclic) bond motifs is 4. The maximum absolute atomic E-state index is 11.1. The molecular formula is C20H16N4O. The molecule has 1 aliphatic heterocycles. The van der Waals surface area contributed by atoms with Gasteiger partial charge in [-0.15, -0.1) is 0 Å². The van der Waals surface area contributed by atoms with Crippen LogP contribution in [0.3, 0.4) is 0 Å². The lowest BCUT2D eigenvalue weighted by molar-refractivity contribution is 0.0679. The van der Waals surface area contributed by atoms with Crippen LogP contribution in [0.15, 0.2) is 49.1 Å². The third kappa shape index (κ3) is 1.98. The van der Waals surface area contributed by atoms with E-state index in [0.717, 1.165) is 24.1 Å². The van der Waals surface area contributed by atoms with Crippen LogP contribution < -0.4 is 0 Å². The minimum absolute atomic E-state index is 0.0320. The second-order valence-electron chi connectivity index (χ2n) is 6.75. The number of hydrogen-bond donors (Lipinski definition) is 1. The first-order valence-electron chi connectivity index (χ1n) is 8.46. The summed E-state index contributed by atoms with van der Waals surface area (Å²) in [4.78, 5) is 8.70. The normalized spacial score (nSPS) is 23.4. The van der Waals surface area contributed by atoms with Crippen LogP contribution in [0.25, 0.3) is 11.3 Å². The summed E-state index contributed by atoms with van der Waals surface area (Å²) in [5, 5.41) is 20.1. The van der Waals surface area contributed by atoms with Crippen LogP contribution in [0.5, 0.6) is 0 Å². The van der Waals surface area contributed by atoms with Crippen molar-refractivity contribution in [2.45, 2.75) is 25.0 Å². The molecule has 2 aromatic heterocycles. The van der Waals surface area contributed by atoms with Gasteiger partial charge < -0.3 is 9.67 Å². The fraction of sp³-hybridized carbons (Fsp3) is 0.250. The molecule has 5 heteroatoms. The van der Waals surface area contributed by atoms with Crippen molar-refractivity contribution in [1.82, 2.24) is 14.5 Å². The van der Waals surface area contributed by atoms with Crippen molar-refractivity contribution in [2.75, 3.05) is 0 Å². The molecule has 0 saturated carbocycles. The van der Waals surface area contributed by atoms with Gasteiger partial charge in [-0.2, -0.15) is 5.26 Å². The molecule has 1 unspecified atom stereocenters. The summed E-state index contributed by atoms with van der Waals surface area (Å²) >= 11 is 0. The van der Waals surface area contributed by atoms with E-state index in [4.69, 9.17) is 5.26 Å². The molecule has 1 aromatic carbocycles. The van der Waals surface area contributed by atoms with E-state index >= 15 is 0 Å². The molecule has 5 nitrogen and oxygen atoms in total. The van der Waals surface area contributed by atoms with Gasteiger partial charge in [-0.3, -0.25) is 4.98 Å². The second kappa shape index (κ2) is 5.27. The molecule has 5 rings (SSSR count). The van der Waals surface area contributed by atoms with Gasteiger partial charge in [0, 0.05) is 17.7 Å². The maximum Gasteiger partial charge on any atom is 0.101 e. The smallest absolute Gasteiger partial charge is 0.101 e. The number of nitrogens with zero attached hydrogens (tertiary/aromatic N) is 4. The molecule has 0 spiro atoms. The van der Waals surface area contributed by atoms with Crippen molar-refractivity contribution in [2.24, 2.45) is 5.92 Å². The van der Waals surface area contributed by atoms with Gasteiger partial charge in [-0.05, 0) is 30.0 Å². The third-order valence-electron chi connectivity index (χ3n) is 5.49. The Balaban J connectivity index is 1.60. The molecule has 0 fully saturated rings. The Bertz CT molecular complexity index is 1020. The Kier molecular flexibility index (Phi) is 3.03. The number of aromatic nitrogens is 3. The summed E-state index contributed by atoms with van der Waals surface area (Å²) in [6, 6.07) is 12.4. The Morgan fingerprint density at radius 1 is 1.24 bits per heavy atom. The highest BCUT2D eigenvalue weighted by Crippen LogP contribution is 2.49. The van der Waals surface area contributed by atoms with E-state index in [0.29, 0.717) is 11.3 Å². The lowest BCUT2D eigenvalue weighted by atomic mass is 9.77. The SMILES string of the molecule is N#Cc1cnc2c(c1)CC[C@@H](C1c3ccccc3-c3cncn31)[C@H]2O. The molecule has 0 bridgehead atoms. The van der Waals surface area contributed by atoms with Crippen LogP contribution in [0.4, 0.5) is 0 Å². The average molecular weight is 328 g/mol. The van der Waals surface area contributed by atoms with Crippen molar-refractivity contribution < 1.29 is 5.11 Å². The van der Waals surface area contributed by atoms with Gasteiger partial charge in [-0.25, -0.2) is 4.98 Å². The molecular weight excluding hydrogens is 312 g/mol. The number of imidazole rings is 1. The summed E-state index contributed by atoms with van der Waals surface area (Å²) < 4.78 is 2.17. The molecule has 0 radical (unpaired) electrons. The molecule has 0 amide bonds. The lowest BCUT2D eigenvalue weighted by Crippen LogP contribution is -2.29. The molecule has 1 N–H and O–H groups in total. The van der Waals surface area contributed by atoms with Crippen LogP contribution in [-0.2, 0) is 6.42 Å². The standard InChI is InChI=1S/C20H16N4O/c21-8-12-7-13-5-6-16(20(25)18(13)23-9-12)19-15-4-2-1-3-14(15)17-10-22-11-24(17)19/h1-4,7,9-11,16,19-20,25H,5-6H2/t16-,19?,20+/m0/s1. The first-order valence-corrected chi connectivity index (χ1v) is 8.46. The van der Waals surface area contributed by atoms with Crippen molar-refractivity contribution >= 4 is 0 Å². The van der Waals surface area contributed by atoms with E-state index in [-0.39, 0.29) is 12.0 Å². The van der Waals surface area contributed by atoms with E-state index < -0.39 is 6.10 Å². The van der Waals surface area contributed by atoms with Gasteiger partial charge in [-0.1, -0.05) is 24.3 Å². The number of aryl methyl sites for hydroxylation is 1. The zero-order valence-electron chi connectivity index (χ0n) is 13.5. The van der Waals surface area contributed by atoms with E-state index in [1.165, 1.54) is 11.1 Å². The van der Waals surface area contributed by atoms with Gasteiger partial charge in [0.25, 0.3) is 0 Å². The van der Waals surface area contributed by atoms with Gasteiger partial charge in [0.2, 0.25) is 0 Å². The van der Waals surface area contributed by atoms with E-state index in [1.54, 1.807) is 6.20 Å². The van der Waals surface area contributed by atoms with Crippen molar-refractivity contribution in [1.29, 1.82) is 5.26 Å². The highest BCUT2D eigenvalue weighted by molar-refractivity contribution is 5.69. The van der Waals surface area contributed by atoms with E-state index in [2.05, 4.69) is 32.7 Å². The number of rotatable bonds is 1. The Hall–Kier alpha value is -2.97. The highest BCUT2D eigenvalue weighted by Gasteiger charge is 2.41. The predicted octanol–water partition coefficient (Wildman–Crippen LogP) is 3.02.